The Balaban J connectivity index is 1.56. The minimum Gasteiger partial charge on any atom is -0.328 e. The van der Waals surface area contributed by atoms with Gasteiger partial charge in [0.05, 0.1) is 11.1 Å². The third-order valence-corrected chi connectivity index (χ3v) is 5.49. The van der Waals surface area contributed by atoms with Gasteiger partial charge in [0.25, 0.3) is 5.69 Å². The van der Waals surface area contributed by atoms with Crippen LogP contribution in [0.25, 0.3) is 0 Å². The standard InChI is InChI=1S/C19H20N4O3/c1-11(24)21-19-20-10-15(22-19)9-17-13-2-3-14(8-13)18(17)12-4-6-16(7-5-12)23(25)26/h2-7,10,13-14,17-18H,8-9H2,1H3,(H2,20,21,22,24). The highest BCUT2D eigenvalue weighted by Gasteiger charge is 2.45. The van der Waals surface area contributed by atoms with Crippen molar-refractivity contribution in [3.05, 3.63) is 64.0 Å². The van der Waals surface area contributed by atoms with Crippen LogP contribution in [0, 0.1) is 27.9 Å². The monoisotopic (exact) mass is 352 g/mol. The summed E-state index contributed by atoms with van der Waals surface area (Å²) in [5, 5.41) is 13.6. The van der Waals surface area contributed by atoms with Crippen LogP contribution in [0.2, 0.25) is 0 Å². The van der Waals surface area contributed by atoms with Gasteiger partial charge in [-0.05, 0) is 42.1 Å². The van der Waals surface area contributed by atoms with Crippen LogP contribution in [-0.2, 0) is 11.2 Å². The van der Waals surface area contributed by atoms with E-state index in [2.05, 4.69) is 27.4 Å². The van der Waals surface area contributed by atoms with Gasteiger partial charge < -0.3 is 4.98 Å². The number of fused-ring (bicyclic) bond motifs is 2. The number of nitro groups is 1. The van der Waals surface area contributed by atoms with E-state index in [1.807, 2.05) is 12.1 Å². The van der Waals surface area contributed by atoms with Crippen molar-refractivity contribution in [1.82, 2.24) is 9.97 Å². The first-order valence-electron chi connectivity index (χ1n) is 8.75. The lowest BCUT2D eigenvalue weighted by Crippen LogP contribution is -2.20. The molecule has 1 saturated carbocycles. The predicted octanol–water partition coefficient (Wildman–Crippen LogP) is 3.42. The average molecular weight is 352 g/mol. The fourth-order valence-corrected chi connectivity index (χ4v) is 4.46. The van der Waals surface area contributed by atoms with E-state index in [1.54, 1.807) is 18.3 Å². The van der Waals surface area contributed by atoms with Crippen molar-refractivity contribution in [2.45, 2.75) is 25.7 Å². The number of allylic oxidation sites excluding steroid dienone is 2. The van der Waals surface area contributed by atoms with E-state index in [9.17, 15) is 14.9 Å². The highest BCUT2D eigenvalue weighted by Crippen LogP contribution is 2.54. The normalized spacial score (nSPS) is 26.2. The number of rotatable bonds is 5. The van der Waals surface area contributed by atoms with E-state index in [4.69, 9.17) is 0 Å². The Morgan fingerprint density at radius 2 is 2.04 bits per heavy atom. The summed E-state index contributed by atoms with van der Waals surface area (Å²) in [5.74, 6) is 2.06. The number of aromatic amines is 1. The molecular formula is C19H20N4O3. The smallest absolute Gasteiger partial charge is 0.269 e. The van der Waals surface area contributed by atoms with Crippen molar-refractivity contribution >= 4 is 17.5 Å². The summed E-state index contributed by atoms with van der Waals surface area (Å²) in [6, 6.07) is 6.96. The maximum atomic E-state index is 11.2. The molecule has 2 bridgehead atoms. The number of H-pyrrole nitrogens is 1. The van der Waals surface area contributed by atoms with Gasteiger partial charge in [0.1, 0.15) is 0 Å². The lowest BCUT2D eigenvalue weighted by molar-refractivity contribution is -0.384. The van der Waals surface area contributed by atoms with E-state index in [-0.39, 0.29) is 16.5 Å². The van der Waals surface area contributed by atoms with Gasteiger partial charge in [0, 0.05) is 24.8 Å². The molecule has 134 valence electrons. The maximum absolute atomic E-state index is 11.2. The topological polar surface area (TPSA) is 101 Å². The molecule has 2 aromatic rings. The van der Waals surface area contributed by atoms with E-state index in [0.717, 1.165) is 24.1 Å². The molecule has 1 heterocycles. The number of amides is 1. The van der Waals surface area contributed by atoms with Crippen LogP contribution in [0.4, 0.5) is 11.6 Å². The summed E-state index contributed by atoms with van der Waals surface area (Å²) in [5.41, 5.74) is 2.27. The fraction of sp³-hybridized carbons (Fsp3) is 0.368. The molecule has 2 N–H and O–H groups in total. The minimum atomic E-state index is -0.365. The quantitative estimate of drug-likeness (QED) is 0.489. The van der Waals surface area contributed by atoms with Crippen molar-refractivity contribution < 1.29 is 9.72 Å². The molecule has 0 radical (unpaired) electrons. The van der Waals surface area contributed by atoms with Crippen LogP contribution in [0.15, 0.2) is 42.6 Å². The third-order valence-electron chi connectivity index (χ3n) is 5.49. The van der Waals surface area contributed by atoms with Gasteiger partial charge in [0.2, 0.25) is 11.9 Å². The minimum absolute atomic E-state index is 0.123. The van der Waals surface area contributed by atoms with E-state index >= 15 is 0 Å². The summed E-state index contributed by atoms with van der Waals surface area (Å²) in [7, 11) is 0. The maximum Gasteiger partial charge on any atom is 0.269 e. The first-order valence-corrected chi connectivity index (χ1v) is 8.75. The SMILES string of the molecule is CC(=O)Nc1ncc(CC2C3C=CC(C3)C2c2ccc([N+](=O)[O-])cc2)[nH]1. The summed E-state index contributed by atoms with van der Waals surface area (Å²) >= 11 is 0. The summed E-state index contributed by atoms with van der Waals surface area (Å²) < 4.78 is 0. The molecule has 1 aromatic carbocycles. The largest absolute Gasteiger partial charge is 0.328 e. The van der Waals surface area contributed by atoms with Gasteiger partial charge in [0.15, 0.2) is 0 Å². The second-order valence-electron chi connectivity index (χ2n) is 7.13. The van der Waals surface area contributed by atoms with Crippen LogP contribution >= 0.6 is 0 Å². The van der Waals surface area contributed by atoms with Crippen molar-refractivity contribution in [3.8, 4) is 0 Å². The van der Waals surface area contributed by atoms with Gasteiger partial charge in [-0.1, -0.05) is 24.3 Å². The number of imidazole rings is 1. The predicted molar refractivity (Wildman–Crippen MR) is 96.7 cm³/mol. The molecule has 4 atom stereocenters. The molecule has 26 heavy (non-hydrogen) atoms. The Bertz CT molecular complexity index is 871. The number of non-ortho nitro benzene ring substituents is 1. The van der Waals surface area contributed by atoms with Gasteiger partial charge in [-0.15, -0.1) is 0 Å². The second kappa shape index (κ2) is 6.40. The van der Waals surface area contributed by atoms with Gasteiger partial charge >= 0.3 is 0 Å². The summed E-state index contributed by atoms with van der Waals surface area (Å²) in [4.78, 5) is 29.1. The van der Waals surface area contributed by atoms with E-state index < -0.39 is 0 Å². The van der Waals surface area contributed by atoms with E-state index in [1.165, 1.54) is 6.92 Å². The van der Waals surface area contributed by atoms with Crippen LogP contribution in [0.5, 0.6) is 0 Å². The highest BCUT2D eigenvalue weighted by atomic mass is 16.6. The Morgan fingerprint density at radius 3 is 2.73 bits per heavy atom. The lowest BCUT2D eigenvalue weighted by Gasteiger charge is -2.28. The number of carbonyl (C=O) groups is 1. The second-order valence-corrected chi connectivity index (χ2v) is 7.13. The molecule has 2 aliphatic carbocycles. The fourth-order valence-electron chi connectivity index (χ4n) is 4.46. The molecule has 7 nitrogen and oxygen atoms in total. The molecule has 7 heteroatoms. The van der Waals surface area contributed by atoms with E-state index in [0.29, 0.717) is 29.6 Å². The number of nitro benzene ring substituents is 1. The molecule has 0 saturated heterocycles. The van der Waals surface area contributed by atoms with Crippen LogP contribution in [0.3, 0.4) is 0 Å². The number of hydrogen-bond acceptors (Lipinski definition) is 4. The number of hydrogen-bond donors (Lipinski definition) is 2. The van der Waals surface area contributed by atoms with Crippen LogP contribution in [-0.4, -0.2) is 20.8 Å². The molecule has 1 amide bonds. The molecule has 2 aliphatic rings. The lowest BCUT2D eigenvalue weighted by atomic mass is 9.76. The number of nitrogens with zero attached hydrogens (tertiary/aromatic N) is 2. The Morgan fingerprint density at radius 1 is 1.31 bits per heavy atom. The number of anilines is 1. The zero-order chi connectivity index (χ0) is 18.3. The molecule has 0 aliphatic heterocycles. The molecule has 1 fully saturated rings. The van der Waals surface area contributed by atoms with Gasteiger partial charge in [-0.3, -0.25) is 20.2 Å². The molecule has 1 aromatic heterocycles. The Kier molecular flexibility index (Phi) is 4.06. The third kappa shape index (κ3) is 3.00. The van der Waals surface area contributed by atoms with Crippen molar-refractivity contribution in [2.75, 3.05) is 5.32 Å². The molecule has 4 unspecified atom stereocenters. The zero-order valence-electron chi connectivity index (χ0n) is 14.4. The molecule has 4 rings (SSSR count). The highest BCUT2D eigenvalue weighted by molar-refractivity contribution is 5.86. The number of aromatic nitrogens is 2. The van der Waals surface area contributed by atoms with Gasteiger partial charge in [-0.2, -0.15) is 0 Å². The van der Waals surface area contributed by atoms with Crippen molar-refractivity contribution in [2.24, 2.45) is 17.8 Å². The summed E-state index contributed by atoms with van der Waals surface area (Å²) in [6.45, 7) is 1.45. The summed E-state index contributed by atoms with van der Waals surface area (Å²) in [6.07, 6.45) is 8.30. The Hall–Kier alpha value is -2.96. The van der Waals surface area contributed by atoms with Gasteiger partial charge in [-0.25, -0.2) is 4.98 Å². The number of carbonyl (C=O) groups excluding carboxylic acids is 1. The zero-order valence-corrected chi connectivity index (χ0v) is 14.4. The first kappa shape index (κ1) is 16.5. The number of nitrogens with one attached hydrogen (secondary N) is 2. The van der Waals surface area contributed by atoms with Crippen LogP contribution < -0.4 is 5.32 Å². The van der Waals surface area contributed by atoms with Crippen molar-refractivity contribution in [1.29, 1.82) is 0 Å². The van der Waals surface area contributed by atoms with Crippen LogP contribution in [0.1, 0.15) is 30.5 Å². The number of benzene rings is 1. The average Bonchev–Trinajstić information content (AvgIpc) is 3.31. The molecule has 0 spiro atoms. The van der Waals surface area contributed by atoms with Crippen molar-refractivity contribution in [3.63, 3.8) is 0 Å². The Labute approximate surface area is 150 Å². The molecular weight excluding hydrogens is 332 g/mol. The first-order chi connectivity index (χ1) is 12.5.